The molecule has 2 aliphatic rings. The standard InChI is InChI=1S/C12H20ClNO2/c1-9-4-5-14(11(9)7-13)12(15)10-3-2-6-16-8-10/h9-11H,2-8H2,1H3. The summed E-state index contributed by atoms with van der Waals surface area (Å²) in [6, 6.07) is 0.232. The van der Waals surface area contributed by atoms with Crippen LogP contribution in [0.5, 0.6) is 0 Å². The lowest BCUT2D eigenvalue weighted by Crippen LogP contribution is -2.44. The molecule has 0 radical (unpaired) electrons. The van der Waals surface area contributed by atoms with E-state index in [1.807, 2.05) is 4.90 Å². The lowest BCUT2D eigenvalue weighted by molar-refractivity contribution is -0.140. The summed E-state index contributed by atoms with van der Waals surface area (Å²) in [4.78, 5) is 14.3. The maximum Gasteiger partial charge on any atom is 0.228 e. The topological polar surface area (TPSA) is 29.5 Å². The van der Waals surface area contributed by atoms with Crippen molar-refractivity contribution < 1.29 is 9.53 Å². The first-order valence-electron chi connectivity index (χ1n) is 6.18. The lowest BCUT2D eigenvalue weighted by Gasteiger charge is -2.30. The molecule has 3 nitrogen and oxygen atoms in total. The molecule has 0 spiro atoms. The normalized spacial score (nSPS) is 35.4. The van der Waals surface area contributed by atoms with Gasteiger partial charge in [0.05, 0.1) is 12.5 Å². The van der Waals surface area contributed by atoms with Crippen LogP contribution in [0.25, 0.3) is 0 Å². The first-order chi connectivity index (χ1) is 7.74. The number of carbonyl (C=O) groups excluding carboxylic acids is 1. The molecule has 0 bridgehead atoms. The zero-order valence-corrected chi connectivity index (χ0v) is 10.6. The van der Waals surface area contributed by atoms with E-state index in [1.54, 1.807) is 0 Å². The van der Waals surface area contributed by atoms with Crippen LogP contribution in [-0.4, -0.2) is 42.5 Å². The molecule has 92 valence electrons. The molecule has 2 heterocycles. The number of hydrogen-bond donors (Lipinski definition) is 0. The van der Waals surface area contributed by atoms with E-state index >= 15 is 0 Å². The van der Waals surface area contributed by atoms with Gasteiger partial charge in [0.1, 0.15) is 0 Å². The van der Waals surface area contributed by atoms with Gasteiger partial charge in [0.25, 0.3) is 0 Å². The molecule has 0 aliphatic carbocycles. The van der Waals surface area contributed by atoms with E-state index in [4.69, 9.17) is 16.3 Å². The van der Waals surface area contributed by atoms with Crippen molar-refractivity contribution in [3.63, 3.8) is 0 Å². The summed E-state index contributed by atoms with van der Waals surface area (Å²) in [6.45, 7) is 4.45. The van der Waals surface area contributed by atoms with E-state index in [0.717, 1.165) is 32.4 Å². The number of carbonyl (C=O) groups is 1. The third-order valence-corrected chi connectivity index (χ3v) is 4.15. The van der Waals surface area contributed by atoms with E-state index in [-0.39, 0.29) is 17.9 Å². The second-order valence-corrected chi connectivity index (χ2v) is 5.24. The Hall–Kier alpha value is -0.280. The Morgan fingerprint density at radius 1 is 1.50 bits per heavy atom. The van der Waals surface area contributed by atoms with Gasteiger partial charge in [-0.3, -0.25) is 4.79 Å². The first-order valence-corrected chi connectivity index (χ1v) is 6.71. The summed E-state index contributed by atoms with van der Waals surface area (Å²) in [7, 11) is 0. The van der Waals surface area contributed by atoms with Gasteiger partial charge in [-0.15, -0.1) is 11.6 Å². The minimum absolute atomic E-state index is 0.0739. The Balaban J connectivity index is 1.97. The molecule has 3 atom stereocenters. The molecule has 4 heteroatoms. The van der Waals surface area contributed by atoms with Crippen molar-refractivity contribution >= 4 is 17.5 Å². The highest BCUT2D eigenvalue weighted by atomic mass is 35.5. The minimum atomic E-state index is 0.0739. The smallest absolute Gasteiger partial charge is 0.228 e. The second-order valence-electron chi connectivity index (χ2n) is 4.93. The maximum atomic E-state index is 12.3. The van der Waals surface area contributed by atoms with Gasteiger partial charge < -0.3 is 9.64 Å². The summed E-state index contributed by atoms with van der Waals surface area (Å²) in [5.74, 6) is 1.42. The molecule has 2 saturated heterocycles. The molecule has 0 aromatic carbocycles. The molecular weight excluding hydrogens is 226 g/mol. The van der Waals surface area contributed by atoms with Crippen LogP contribution < -0.4 is 0 Å². The molecule has 0 N–H and O–H groups in total. The number of ether oxygens (including phenoxy) is 1. The Labute approximate surface area is 102 Å². The average Bonchev–Trinajstić information content (AvgIpc) is 2.70. The minimum Gasteiger partial charge on any atom is -0.381 e. The van der Waals surface area contributed by atoms with Gasteiger partial charge in [0.15, 0.2) is 0 Å². The molecule has 16 heavy (non-hydrogen) atoms. The van der Waals surface area contributed by atoms with E-state index < -0.39 is 0 Å². The van der Waals surface area contributed by atoms with Gasteiger partial charge in [0.2, 0.25) is 5.91 Å². The summed E-state index contributed by atoms with van der Waals surface area (Å²) < 4.78 is 5.38. The Kier molecular flexibility index (Phi) is 4.09. The number of nitrogens with zero attached hydrogens (tertiary/aromatic N) is 1. The lowest BCUT2D eigenvalue weighted by atomic mass is 9.99. The van der Waals surface area contributed by atoms with Gasteiger partial charge >= 0.3 is 0 Å². The van der Waals surface area contributed by atoms with Gasteiger partial charge in [-0.25, -0.2) is 0 Å². The van der Waals surface area contributed by atoms with Gasteiger partial charge in [0, 0.05) is 25.1 Å². The van der Waals surface area contributed by atoms with Crippen LogP contribution in [0.2, 0.25) is 0 Å². The fourth-order valence-electron chi connectivity index (χ4n) is 2.69. The van der Waals surface area contributed by atoms with Crippen molar-refractivity contribution in [1.29, 1.82) is 0 Å². The Bertz CT molecular complexity index is 253. The van der Waals surface area contributed by atoms with Gasteiger partial charge in [-0.2, -0.15) is 0 Å². The number of hydrogen-bond acceptors (Lipinski definition) is 2. The van der Waals surface area contributed by atoms with Crippen molar-refractivity contribution in [2.75, 3.05) is 25.6 Å². The number of alkyl halides is 1. The van der Waals surface area contributed by atoms with E-state index in [0.29, 0.717) is 18.4 Å². The van der Waals surface area contributed by atoms with E-state index in [1.165, 1.54) is 0 Å². The summed E-state index contributed by atoms with van der Waals surface area (Å²) in [6.07, 6.45) is 3.06. The van der Waals surface area contributed by atoms with Crippen molar-refractivity contribution in [2.45, 2.75) is 32.2 Å². The third-order valence-electron chi connectivity index (χ3n) is 3.83. The van der Waals surface area contributed by atoms with Crippen molar-refractivity contribution in [2.24, 2.45) is 11.8 Å². The van der Waals surface area contributed by atoms with Crippen LogP contribution in [0.15, 0.2) is 0 Å². The molecule has 0 aromatic rings. The van der Waals surface area contributed by atoms with Crippen molar-refractivity contribution in [3.05, 3.63) is 0 Å². The van der Waals surface area contributed by atoms with Crippen LogP contribution in [0, 0.1) is 11.8 Å². The molecule has 2 fully saturated rings. The first kappa shape index (κ1) is 12.2. The van der Waals surface area contributed by atoms with Crippen molar-refractivity contribution in [1.82, 2.24) is 4.90 Å². The van der Waals surface area contributed by atoms with E-state index in [9.17, 15) is 4.79 Å². The highest BCUT2D eigenvalue weighted by molar-refractivity contribution is 6.18. The maximum absolute atomic E-state index is 12.3. The predicted octanol–water partition coefficient (Wildman–Crippen LogP) is 1.89. The third kappa shape index (κ3) is 2.35. The zero-order chi connectivity index (χ0) is 11.5. The largest absolute Gasteiger partial charge is 0.381 e. The molecule has 0 aromatic heterocycles. The van der Waals surface area contributed by atoms with Crippen molar-refractivity contribution in [3.8, 4) is 0 Å². The Morgan fingerprint density at radius 2 is 2.31 bits per heavy atom. The van der Waals surface area contributed by atoms with E-state index in [2.05, 4.69) is 6.92 Å². The SMILES string of the molecule is CC1CCN(C(=O)C2CCCOC2)C1CCl. The fourth-order valence-corrected chi connectivity index (χ4v) is 3.16. The Morgan fingerprint density at radius 3 is 2.94 bits per heavy atom. The molecule has 2 rings (SSSR count). The summed E-state index contributed by atoms with van der Waals surface area (Å²) >= 11 is 5.96. The summed E-state index contributed by atoms with van der Waals surface area (Å²) in [5, 5.41) is 0. The molecule has 2 aliphatic heterocycles. The quantitative estimate of drug-likeness (QED) is 0.696. The number of amides is 1. The number of rotatable bonds is 2. The van der Waals surface area contributed by atoms with Crippen LogP contribution in [0.3, 0.4) is 0 Å². The highest BCUT2D eigenvalue weighted by Crippen LogP contribution is 2.28. The van der Waals surface area contributed by atoms with Gasteiger partial charge in [-0.05, 0) is 25.2 Å². The van der Waals surface area contributed by atoms with Crippen LogP contribution >= 0.6 is 11.6 Å². The highest BCUT2D eigenvalue weighted by Gasteiger charge is 2.37. The molecule has 0 saturated carbocycles. The molecule has 1 amide bonds. The molecule has 3 unspecified atom stereocenters. The fraction of sp³-hybridized carbons (Fsp3) is 0.917. The predicted molar refractivity (Wildman–Crippen MR) is 63.5 cm³/mol. The summed E-state index contributed by atoms with van der Waals surface area (Å²) in [5.41, 5.74) is 0. The van der Waals surface area contributed by atoms with Crippen LogP contribution in [0.1, 0.15) is 26.2 Å². The zero-order valence-electron chi connectivity index (χ0n) is 9.82. The van der Waals surface area contributed by atoms with Crippen LogP contribution in [0.4, 0.5) is 0 Å². The second kappa shape index (κ2) is 5.37. The average molecular weight is 246 g/mol. The van der Waals surface area contributed by atoms with Gasteiger partial charge in [-0.1, -0.05) is 6.92 Å². The van der Waals surface area contributed by atoms with Crippen LogP contribution in [-0.2, 0) is 9.53 Å². The monoisotopic (exact) mass is 245 g/mol. The number of halogens is 1. The number of likely N-dealkylation sites (tertiary alicyclic amines) is 1. The molecular formula is C12H20ClNO2.